The molecule has 0 fully saturated rings. The largest absolute Gasteiger partial charge is 0.389 e. The van der Waals surface area contributed by atoms with Gasteiger partial charge < -0.3 is 9.67 Å². The molecule has 1 atom stereocenters. The Morgan fingerprint density at radius 1 is 1.17 bits per heavy atom. The van der Waals surface area contributed by atoms with Gasteiger partial charge in [0.1, 0.15) is 11.6 Å². The first-order valence-electron chi connectivity index (χ1n) is 7.12. The molecule has 0 amide bonds. The monoisotopic (exact) mass is 315 g/mol. The van der Waals surface area contributed by atoms with Gasteiger partial charge in [-0.2, -0.15) is 0 Å². The van der Waals surface area contributed by atoms with E-state index in [2.05, 4.69) is 9.97 Å². The van der Waals surface area contributed by atoms with Gasteiger partial charge in [0, 0.05) is 18.0 Å². The third-order valence-electron chi connectivity index (χ3n) is 3.58. The molecule has 1 unspecified atom stereocenters. The number of rotatable bonds is 4. The van der Waals surface area contributed by atoms with Crippen molar-refractivity contribution in [3.05, 3.63) is 72.1 Å². The number of nitrogens with zero attached hydrogens (tertiary/aromatic N) is 3. The van der Waals surface area contributed by atoms with E-state index in [-0.39, 0.29) is 0 Å². The number of aliphatic hydroxyl groups is 1. The molecule has 2 aromatic heterocycles. The van der Waals surface area contributed by atoms with Crippen molar-refractivity contribution in [1.29, 1.82) is 0 Å². The normalized spacial score (nSPS) is 12.3. The van der Waals surface area contributed by atoms with E-state index in [1.54, 1.807) is 30.2 Å². The second-order valence-electron chi connectivity index (χ2n) is 5.29. The second-order valence-corrected chi connectivity index (χ2v) is 5.29. The zero-order valence-electron chi connectivity index (χ0n) is 12.4. The van der Waals surface area contributed by atoms with Crippen LogP contribution in [0.25, 0.3) is 11.1 Å². The Kier molecular flexibility index (Phi) is 4.16. The summed E-state index contributed by atoms with van der Waals surface area (Å²) in [5.74, 6) is -0.944. The molecule has 23 heavy (non-hydrogen) atoms. The standard InChI is InChI=1S/C17H15F2N3O/c1-11(23)15-6-12(18)2-3-14(15)16-7-13(19)8-21-17(16)9-22-5-4-20-10-22/h2-8,10-11,23H,9H2,1H3. The Hall–Kier alpha value is -2.60. The molecule has 0 saturated heterocycles. The minimum absolute atomic E-state index is 0.393. The minimum atomic E-state index is -0.884. The molecule has 4 nitrogen and oxygen atoms in total. The molecule has 0 aliphatic carbocycles. The number of aromatic nitrogens is 3. The van der Waals surface area contributed by atoms with Gasteiger partial charge in [0.2, 0.25) is 0 Å². The van der Waals surface area contributed by atoms with Crippen LogP contribution in [0.1, 0.15) is 24.3 Å². The molecule has 0 aliphatic rings. The maximum Gasteiger partial charge on any atom is 0.142 e. The lowest BCUT2D eigenvalue weighted by Gasteiger charge is -2.15. The van der Waals surface area contributed by atoms with Gasteiger partial charge in [0.05, 0.1) is 30.9 Å². The third-order valence-corrected chi connectivity index (χ3v) is 3.58. The van der Waals surface area contributed by atoms with Crippen LogP contribution in [0.4, 0.5) is 8.78 Å². The van der Waals surface area contributed by atoms with Crippen LogP contribution in [0.3, 0.4) is 0 Å². The summed E-state index contributed by atoms with van der Waals surface area (Å²) in [4.78, 5) is 8.12. The number of pyridine rings is 1. The first-order chi connectivity index (χ1) is 11.0. The molecule has 1 N–H and O–H groups in total. The highest BCUT2D eigenvalue weighted by Crippen LogP contribution is 2.31. The summed E-state index contributed by atoms with van der Waals surface area (Å²) in [5, 5.41) is 9.91. The summed E-state index contributed by atoms with van der Waals surface area (Å²) >= 11 is 0. The number of hydrogen-bond acceptors (Lipinski definition) is 3. The van der Waals surface area contributed by atoms with Crippen molar-refractivity contribution in [2.45, 2.75) is 19.6 Å². The topological polar surface area (TPSA) is 50.9 Å². The van der Waals surface area contributed by atoms with Crippen LogP contribution in [-0.2, 0) is 6.54 Å². The Bertz CT molecular complexity index is 817. The van der Waals surface area contributed by atoms with Crippen LogP contribution in [0.15, 0.2) is 49.2 Å². The summed E-state index contributed by atoms with van der Waals surface area (Å²) in [5.41, 5.74) is 2.08. The fourth-order valence-corrected chi connectivity index (χ4v) is 2.50. The van der Waals surface area contributed by atoms with E-state index in [1.165, 1.54) is 24.3 Å². The highest BCUT2D eigenvalue weighted by Gasteiger charge is 2.16. The predicted octanol–water partition coefficient (Wildman–Crippen LogP) is 3.32. The lowest BCUT2D eigenvalue weighted by molar-refractivity contribution is 0.199. The molecule has 0 aliphatic heterocycles. The molecule has 2 heterocycles. The molecular formula is C17H15F2N3O. The molecule has 3 aromatic rings. The average Bonchev–Trinajstić information content (AvgIpc) is 3.02. The second kappa shape index (κ2) is 6.26. The van der Waals surface area contributed by atoms with Crippen LogP contribution >= 0.6 is 0 Å². The van der Waals surface area contributed by atoms with Crippen LogP contribution in [0.2, 0.25) is 0 Å². The van der Waals surface area contributed by atoms with Crippen molar-refractivity contribution in [2.75, 3.05) is 0 Å². The van der Waals surface area contributed by atoms with Gasteiger partial charge in [-0.1, -0.05) is 6.07 Å². The van der Waals surface area contributed by atoms with Crippen molar-refractivity contribution in [3.8, 4) is 11.1 Å². The van der Waals surface area contributed by atoms with Gasteiger partial charge in [-0.3, -0.25) is 4.98 Å². The molecule has 0 saturated carbocycles. The van der Waals surface area contributed by atoms with Crippen LogP contribution in [-0.4, -0.2) is 19.6 Å². The van der Waals surface area contributed by atoms with Gasteiger partial charge in [0.25, 0.3) is 0 Å². The van der Waals surface area contributed by atoms with E-state index in [0.717, 1.165) is 6.20 Å². The van der Waals surface area contributed by atoms with E-state index in [9.17, 15) is 13.9 Å². The highest BCUT2D eigenvalue weighted by molar-refractivity contribution is 5.70. The van der Waals surface area contributed by atoms with Gasteiger partial charge in [-0.25, -0.2) is 13.8 Å². The average molecular weight is 315 g/mol. The smallest absolute Gasteiger partial charge is 0.142 e. The van der Waals surface area contributed by atoms with Crippen molar-refractivity contribution >= 4 is 0 Å². The summed E-state index contributed by atoms with van der Waals surface area (Å²) in [7, 11) is 0. The fraction of sp³-hybridized carbons (Fsp3) is 0.176. The number of hydrogen-bond donors (Lipinski definition) is 1. The van der Waals surface area contributed by atoms with E-state index in [4.69, 9.17) is 0 Å². The number of imidazole rings is 1. The lowest BCUT2D eigenvalue weighted by Crippen LogP contribution is -2.05. The van der Waals surface area contributed by atoms with E-state index >= 15 is 0 Å². The van der Waals surface area contributed by atoms with Crippen molar-refractivity contribution in [3.63, 3.8) is 0 Å². The Balaban J connectivity index is 2.14. The lowest BCUT2D eigenvalue weighted by atomic mass is 9.95. The summed E-state index contributed by atoms with van der Waals surface area (Å²) in [6.07, 6.45) is 5.30. The minimum Gasteiger partial charge on any atom is -0.389 e. The quantitative estimate of drug-likeness (QED) is 0.803. The number of halogens is 2. The molecule has 0 bridgehead atoms. The Morgan fingerprint density at radius 3 is 2.70 bits per heavy atom. The number of aliphatic hydroxyl groups excluding tert-OH is 1. The predicted molar refractivity (Wildman–Crippen MR) is 81.6 cm³/mol. The van der Waals surface area contributed by atoms with Gasteiger partial charge in [-0.15, -0.1) is 0 Å². The van der Waals surface area contributed by atoms with Crippen molar-refractivity contribution in [1.82, 2.24) is 14.5 Å². The highest BCUT2D eigenvalue weighted by atomic mass is 19.1. The summed E-state index contributed by atoms with van der Waals surface area (Å²) in [6, 6.07) is 5.42. The molecule has 3 rings (SSSR count). The fourth-order valence-electron chi connectivity index (χ4n) is 2.50. The molecule has 6 heteroatoms. The van der Waals surface area contributed by atoms with Gasteiger partial charge in [-0.05, 0) is 36.2 Å². The first kappa shape index (κ1) is 15.3. The molecular weight excluding hydrogens is 300 g/mol. The summed E-state index contributed by atoms with van der Waals surface area (Å²) < 4.78 is 29.0. The molecule has 0 spiro atoms. The summed E-state index contributed by atoms with van der Waals surface area (Å²) in [6.45, 7) is 1.94. The van der Waals surface area contributed by atoms with Crippen molar-refractivity contribution in [2.24, 2.45) is 0 Å². The third kappa shape index (κ3) is 3.27. The Labute approximate surface area is 132 Å². The van der Waals surface area contributed by atoms with E-state index < -0.39 is 17.7 Å². The van der Waals surface area contributed by atoms with Crippen LogP contribution in [0, 0.1) is 11.6 Å². The maximum atomic E-state index is 13.7. The molecule has 0 radical (unpaired) electrons. The zero-order valence-corrected chi connectivity index (χ0v) is 12.4. The van der Waals surface area contributed by atoms with Gasteiger partial charge in [0.15, 0.2) is 0 Å². The van der Waals surface area contributed by atoms with Crippen molar-refractivity contribution < 1.29 is 13.9 Å². The molecule has 1 aromatic carbocycles. The van der Waals surface area contributed by atoms with Crippen LogP contribution < -0.4 is 0 Å². The zero-order chi connectivity index (χ0) is 16.4. The van der Waals surface area contributed by atoms with E-state index in [0.29, 0.717) is 28.9 Å². The first-order valence-corrected chi connectivity index (χ1v) is 7.12. The van der Waals surface area contributed by atoms with Gasteiger partial charge >= 0.3 is 0 Å². The SMILES string of the molecule is CC(O)c1cc(F)ccc1-c1cc(F)cnc1Cn1ccnc1. The molecule has 118 valence electrons. The van der Waals surface area contributed by atoms with E-state index in [1.807, 2.05) is 0 Å². The number of benzene rings is 1. The maximum absolute atomic E-state index is 13.7. The Morgan fingerprint density at radius 2 is 2.00 bits per heavy atom. The van der Waals surface area contributed by atoms with Crippen LogP contribution in [0.5, 0.6) is 0 Å².